The molecule has 1 aliphatic heterocycles. The van der Waals surface area contributed by atoms with Crippen LogP contribution in [0.4, 0.5) is 4.39 Å². The number of hydrogen-bond donors (Lipinski definition) is 1. The molecule has 0 saturated heterocycles. The van der Waals surface area contributed by atoms with Crippen LogP contribution in [0.1, 0.15) is 24.3 Å². The van der Waals surface area contributed by atoms with Gasteiger partial charge in [0.15, 0.2) is 6.61 Å². The lowest BCUT2D eigenvalue weighted by Crippen LogP contribution is -2.22. The average molecular weight is 444 g/mol. The zero-order chi connectivity index (χ0) is 21.8. The van der Waals surface area contributed by atoms with Crippen LogP contribution in [0, 0.1) is 5.82 Å². The number of nitrogens with one attached hydrogen (secondary N) is 1. The average Bonchev–Trinajstić information content (AvgIpc) is 3.33. The molecule has 4 rings (SSSR count). The number of carbonyl (C=O) groups is 1. The van der Waals surface area contributed by atoms with E-state index in [4.69, 9.17) is 9.26 Å². The highest BCUT2D eigenvalue weighted by molar-refractivity contribution is 7.90. The Hall–Kier alpha value is -3.60. The molecule has 0 bridgehead atoms. The van der Waals surface area contributed by atoms with Crippen molar-refractivity contribution in [1.29, 1.82) is 0 Å². The minimum atomic E-state index is -3.58. The lowest BCUT2D eigenvalue weighted by Gasteiger charge is -2.01. The summed E-state index contributed by atoms with van der Waals surface area (Å²) in [7, 11) is -3.58. The van der Waals surface area contributed by atoms with Gasteiger partial charge in [0, 0.05) is 24.1 Å². The first kappa shape index (κ1) is 20.7. The minimum Gasteiger partial charge on any atom is -0.456 e. The highest BCUT2D eigenvalue weighted by atomic mass is 32.2. The van der Waals surface area contributed by atoms with Crippen molar-refractivity contribution < 1.29 is 26.9 Å². The van der Waals surface area contributed by atoms with Crippen LogP contribution < -0.4 is 4.72 Å². The molecule has 0 fully saturated rings. The lowest BCUT2D eigenvalue weighted by atomic mass is 10.2. The van der Waals surface area contributed by atoms with Crippen LogP contribution in [0.3, 0.4) is 0 Å². The van der Waals surface area contributed by atoms with Crippen LogP contribution in [-0.4, -0.2) is 36.9 Å². The number of esters is 1. The van der Waals surface area contributed by atoms with Crippen LogP contribution in [0.2, 0.25) is 0 Å². The van der Waals surface area contributed by atoms with Gasteiger partial charge in [-0.05, 0) is 42.8 Å². The van der Waals surface area contributed by atoms with E-state index in [1.165, 1.54) is 30.3 Å². The third kappa shape index (κ3) is 4.77. The molecular formula is C20H17FN4O5S. The van der Waals surface area contributed by atoms with Crippen molar-refractivity contribution in [3.05, 3.63) is 65.8 Å². The molecule has 0 saturated carbocycles. The Morgan fingerprint density at radius 2 is 1.94 bits per heavy atom. The molecule has 11 heteroatoms. The first-order valence-corrected chi connectivity index (χ1v) is 10.8. The molecule has 0 amide bonds. The Kier molecular flexibility index (Phi) is 5.76. The summed E-state index contributed by atoms with van der Waals surface area (Å²) in [5.74, 6) is -0.204. The summed E-state index contributed by atoms with van der Waals surface area (Å²) in [6.45, 7) is 0.0608. The Bertz CT molecular complexity index is 1240. The standard InChI is InChI=1S/C20H17FN4O5S/c21-14-9-7-13(8-10-14)19-23-17(30-24-19)12-29-18(26)6-3-11-22-20-15-4-1-2-5-16(15)31(27,28)25-20/h1-2,4-5,7-10H,3,6,11-12H2,(H,22,25). The molecule has 0 atom stereocenters. The van der Waals surface area contributed by atoms with Crippen LogP contribution in [0.5, 0.6) is 0 Å². The molecule has 2 heterocycles. The van der Waals surface area contributed by atoms with Gasteiger partial charge in [0.1, 0.15) is 11.7 Å². The van der Waals surface area contributed by atoms with Crippen molar-refractivity contribution in [3.63, 3.8) is 0 Å². The largest absolute Gasteiger partial charge is 0.456 e. The third-order valence-electron chi connectivity index (χ3n) is 4.40. The monoisotopic (exact) mass is 444 g/mol. The third-order valence-corrected chi connectivity index (χ3v) is 5.80. The van der Waals surface area contributed by atoms with Gasteiger partial charge in [0.05, 0.1) is 4.90 Å². The highest BCUT2D eigenvalue weighted by Gasteiger charge is 2.29. The number of amidine groups is 1. The van der Waals surface area contributed by atoms with Gasteiger partial charge >= 0.3 is 5.97 Å². The molecule has 0 unspecified atom stereocenters. The smallest absolute Gasteiger partial charge is 0.306 e. The van der Waals surface area contributed by atoms with E-state index in [1.54, 1.807) is 18.2 Å². The normalized spacial score (nSPS) is 15.5. The van der Waals surface area contributed by atoms with Crippen molar-refractivity contribution in [2.75, 3.05) is 6.54 Å². The summed E-state index contributed by atoms with van der Waals surface area (Å²) in [5, 5.41) is 3.77. The predicted octanol–water partition coefficient (Wildman–Crippen LogP) is 2.44. The quantitative estimate of drug-likeness (QED) is 0.438. The van der Waals surface area contributed by atoms with E-state index in [0.717, 1.165) is 0 Å². The first-order valence-electron chi connectivity index (χ1n) is 9.33. The fraction of sp³-hybridized carbons (Fsp3) is 0.200. The number of halogens is 1. The number of ether oxygens (including phenoxy) is 1. The summed E-state index contributed by atoms with van der Waals surface area (Å²) in [5.41, 5.74) is 1.09. The van der Waals surface area contributed by atoms with E-state index in [9.17, 15) is 17.6 Å². The summed E-state index contributed by atoms with van der Waals surface area (Å²) in [6, 6.07) is 12.1. The Morgan fingerprint density at radius 3 is 2.74 bits per heavy atom. The molecule has 9 nitrogen and oxygen atoms in total. The number of hydrogen-bond acceptors (Lipinski definition) is 8. The van der Waals surface area contributed by atoms with Crippen LogP contribution in [0.15, 0.2) is 62.9 Å². The zero-order valence-corrected chi connectivity index (χ0v) is 16.9. The molecule has 1 N–H and O–H groups in total. The van der Waals surface area contributed by atoms with E-state index in [1.807, 2.05) is 0 Å². The van der Waals surface area contributed by atoms with Crippen molar-refractivity contribution in [3.8, 4) is 11.4 Å². The second-order valence-electron chi connectivity index (χ2n) is 6.61. The maximum atomic E-state index is 13.0. The molecule has 0 spiro atoms. The number of fused-ring (bicyclic) bond motifs is 1. The molecule has 1 aromatic heterocycles. The van der Waals surface area contributed by atoms with Gasteiger partial charge in [-0.1, -0.05) is 17.3 Å². The summed E-state index contributed by atoms with van der Waals surface area (Å²) < 4.78 is 49.6. The van der Waals surface area contributed by atoms with Gasteiger partial charge < -0.3 is 9.26 Å². The van der Waals surface area contributed by atoms with Crippen molar-refractivity contribution >= 4 is 21.8 Å². The molecule has 0 radical (unpaired) electrons. The number of nitrogens with zero attached hydrogens (tertiary/aromatic N) is 3. The maximum absolute atomic E-state index is 13.0. The second-order valence-corrected chi connectivity index (χ2v) is 8.27. The van der Waals surface area contributed by atoms with Gasteiger partial charge in [0.2, 0.25) is 5.82 Å². The van der Waals surface area contributed by atoms with Crippen LogP contribution in [-0.2, 0) is 26.2 Å². The summed E-state index contributed by atoms with van der Waals surface area (Å²) in [4.78, 5) is 20.4. The Balaban J connectivity index is 1.25. The minimum absolute atomic E-state index is 0.0874. The number of aromatic nitrogens is 2. The second kappa shape index (κ2) is 8.64. The van der Waals surface area contributed by atoms with Gasteiger partial charge in [-0.15, -0.1) is 0 Å². The predicted molar refractivity (Wildman–Crippen MR) is 107 cm³/mol. The molecule has 0 aliphatic carbocycles. The van der Waals surface area contributed by atoms with E-state index < -0.39 is 16.0 Å². The molecule has 3 aromatic rings. The van der Waals surface area contributed by atoms with E-state index in [2.05, 4.69) is 19.9 Å². The van der Waals surface area contributed by atoms with Gasteiger partial charge in [-0.25, -0.2) is 12.8 Å². The number of aliphatic imine (C=N–C) groups is 1. The van der Waals surface area contributed by atoms with Crippen molar-refractivity contribution in [2.24, 2.45) is 4.99 Å². The number of carbonyl (C=O) groups excluding carboxylic acids is 1. The number of rotatable bonds is 7. The van der Waals surface area contributed by atoms with Gasteiger partial charge in [-0.2, -0.15) is 4.98 Å². The molecule has 160 valence electrons. The lowest BCUT2D eigenvalue weighted by molar-refractivity contribution is -0.145. The SMILES string of the molecule is O=C(CCCN=C1NS(=O)(=O)c2ccccc21)OCc1nc(-c2ccc(F)cc2)no1. The van der Waals surface area contributed by atoms with E-state index in [0.29, 0.717) is 17.5 Å². The Labute approximate surface area is 177 Å². The first-order chi connectivity index (χ1) is 14.9. The van der Waals surface area contributed by atoms with Crippen molar-refractivity contribution in [1.82, 2.24) is 14.9 Å². The van der Waals surface area contributed by atoms with E-state index in [-0.39, 0.29) is 47.8 Å². The maximum Gasteiger partial charge on any atom is 0.306 e. The van der Waals surface area contributed by atoms with Gasteiger partial charge in [-0.3, -0.25) is 14.5 Å². The Morgan fingerprint density at radius 1 is 1.16 bits per heavy atom. The summed E-state index contributed by atoms with van der Waals surface area (Å²) >= 11 is 0. The highest BCUT2D eigenvalue weighted by Crippen LogP contribution is 2.22. The fourth-order valence-corrected chi connectivity index (χ4v) is 4.16. The van der Waals surface area contributed by atoms with Crippen molar-refractivity contribution in [2.45, 2.75) is 24.3 Å². The fourth-order valence-electron chi connectivity index (χ4n) is 2.91. The number of sulfonamides is 1. The molecule has 1 aliphatic rings. The topological polar surface area (TPSA) is 124 Å². The van der Waals surface area contributed by atoms with Gasteiger partial charge in [0.25, 0.3) is 15.9 Å². The van der Waals surface area contributed by atoms with Crippen LogP contribution >= 0.6 is 0 Å². The molecule has 2 aromatic carbocycles. The summed E-state index contributed by atoms with van der Waals surface area (Å²) in [6.07, 6.45) is 0.459. The zero-order valence-electron chi connectivity index (χ0n) is 16.1. The number of benzene rings is 2. The molecule has 31 heavy (non-hydrogen) atoms. The molecular weight excluding hydrogens is 427 g/mol. The van der Waals surface area contributed by atoms with E-state index >= 15 is 0 Å². The van der Waals surface area contributed by atoms with Crippen LogP contribution in [0.25, 0.3) is 11.4 Å².